The Hall–Kier alpha value is -2.22. The molecular weight excluding hydrogens is 266 g/mol. The molecule has 0 aliphatic rings. The van der Waals surface area contributed by atoms with Crippen LogP contribution in [-0.2, 0) is 6.54 Å². The minimum absolute atomic E-state index is 0.124. The maximum Gasteiger partial charge on any atom is 0.119 e. The predicted molar refractivity (Wildman–Crippen MR) is 80.9 cm³/mol. The van der Waals surface area contributed by atoms with Crippen molar-refractivity contribution in [3.63, 3.8) is 0 Å². The van der Waals surface area contributed by atoms with E-state index in [0.29, 0.717) is 6.61 Å². The minimum Gasteiger partial charge on any atom is -0.492 e. The van der Waals surface area contributed by atoms with Crippen LogP contribution in [0.5, 0.6) is 5.75 Å². The first kappa shape index (κ1) is 15.2. The van der Waals surface area contributed by atoms with Gasteiger partial charge in [-0.15, -0.1) is 0 Å². The van der Waals surface area contributed by atoms with Crippen LogP contribution in [0, 0.1) is 11.8 Å². The fraction of sp³-hybridized carbons (Fsp3) is 0.294. The lowest BCUT2D eigenvalue weighted by Gasteiger charge is -2.15. The summed E-state index contributed by atoms with van der Waals surface area (Å²) in [7, 11) is 2.05. The van der Waals surface area contributed by atoms with Crippen LogP contribution >= 0.6 is 0 Å². The highest BCUT2D eigenvalue weighted by molar-refractivity contribution is 5.38. The average molecular weight is 285 g/mol. The molecule has 21 heavy (non-hydrogen) atoms. The van der Waals surface area contributed by atoms with Crippen molar-refractivity contribution >= 4 is 0 Å². The van der Waals surface area contributed by atoms with E-state index >= 15 is 0 Å². The van der Waals surface area contributed by atoms with Crippen LogP contribution in [0.4, 0.5) is 0 Å². The van der Waals surface area contributed by atoms with E-state index in [1.165, 1.54) is 0 Å². The molecule has 1 aromatic carbocycles. The van der Waals surface area contributed by atoms with Gasteiger partial charge in [0, 0.05) is 24.2 Å². The molecule has 0 unspecified atom stereocenters. The van der Waals surface area contributed by atoms with Crippen LogP contribution in [0.25, 0.3) is 0 Å². The van der Waals surface area contributed by atoms with Gasteiger partial charge in [0.05, 0.1) is 12.5 Å². The van der Waals surface area contributed by atoms with Gasteiger partial charge >= 0.3 is 0 Å². The molecule has 0 atom stereocenters. The second-order valence-corrected chi connectivity index (χ2v) is 4.70. The third kappa shape index (κ3) is 5.35. The zero-order chi connectivity index (χ0) is 14.9. The summed E-state index contributed by atoms with van der Waals surface area (Å²) < 4.78 is 10.7. The fourth-order valence-corrected chi connectivity index (χ4v) is 1.87. The van der Waals surface area contributed by atoms with Crippen LogP contribution in [0.1, 0.15) is 11.1 Å². The maximum atomic E-state index is 8.63. The van der Waals surface area contributed by atoms with Crippen LogP contribution in [0.15, 0.2) is 47.3 Å². The second kappa shape index (κ2) is 8.15. The summed E-state index contributed by atoms with van der Waals surface area (Å²) in [4.78, 5) is 2.17. The van der Waals surface area contributed by atoms with Crippen LogP contribution < -0.4 is 4.74 Å². The first-order valence-corrected chi connectivity index (χ1v) is 6.80. The molecule has 0 spiro atoms. The van der Waals surface area contributed by atoms with Crippen molar-refractivity contribution in [2.45, 2.75) is 6.54 Å². The Morgan fingerprint density at radius 2 is 2.05 bits per heavy atom. The summed E-state index contributed by atoms with van der Waals surface area (Å²) in [6.07, 6.45) is 3.43. The molecule has 1 heterocycles. The molecule has 0 amide bonds. The quantitative estimate of drug-likeness (QED) is 0.826. The van der Waals surface area contributed by atoms with Gasteiger partial charge < -0.3 is 14.3 Å². The second-order valence-electron chi connectivity index (χ2n) is 4.70. The molecule has 2 aromatic rings. The molecule has 0 bridgehead atoms. The van der Waals surface area contributed by atoms with Gasteiger partial charge in [0.2, 0.25) is 0 Å². The summed E-state index contributed by atoms with van der Waals surface area (Å²) in [5.41, 5.74) is 2.03. The number of hydrogen-bond acceptors (Lipinski definition) is 4. The molecule has 0 aliphatic heterocycles. The first-order valence-electron chi connectivity index (χ1n) is 6.80. The predicted octanol–water partition coefficient (Wildman–Crippen LogP) is 2.13. The number of aliphatic hydroxyl groups excluding tert-OH is 1. The molecule has 2 rings (SSSR count). The van der Waals surface area contributed by atoms with Gasteiger partial charge in [0.25, 0.3) is 0 Å². The highest BCUT2D eigenvalue weighted by Crippen LogP contribution is 2.11. The first-order chi connectivity index (χ1) is 10.3. The van der Waals surface area contributed by atoms with Crippen molar-refractivity contribution in [3.05, 3.63) is 54.0 Å². The zero-order valence-electron chi connectivity index (χ0n) is 12.1. The summed E-state index contributed by atoms with van der Waals surface area (Å²) in [6, 6.07) is 9.50. The van der Waals surface area contributed by atoms with Crippen molar-refractivity contribution in [2.24, 2.45) is 0 Å². The van der Waals surface area contributed by atoms with E-state index in [0.717, 1.165) is 30.0 Å². The summed E-state index contributed by atoms with van der Waals surface area (Å²) in [6.45, 7) is 2.17. The van der Waals surface area contributed by atoms with E-state index in [1.807, 2.05) is 37.4 Å². The standard InChI is InChI=1S/C17H19NO3/c1-18(13-16-8-11-20-14-16)9-12-21-17-6-4-15(5-7-17)3-2-10-19/h4-8,11,14,19H,9-10,12-13H2,1H3. The molecule has 0 radical (unpaired) electrons. The van der Waals surface area contributed by atoms with Crippen molar-refractivity contribution in [2.75, 3.05) is 26.8 Å². The van der Waals surface area contributed by atoms with Crippen molar-refractivity contribution in [1.29, 1.82) is 0 Å². The number of benzene rings is 1. The van der Waals surface area contributed by atoms with Gasteiger partial charge in [-0.1, -0.05) is 11.8 Å². The van der Waals surface area contributed by atoms with Crippen molar-refractivity contribution < 1.29 is 14.3 Å². The van der Waals surface area contributed by atoms with E-state index in [-0.39, 0.29) is 6.61 Å². The Morgan fingerprint density at radius 1 is 1.24 bits per heavy atom. The smallest absolute Gasteiger partial charge is 0.119 e. The Bertz CT molecular complexity index is 579. The normalized spacial score (nSPS) is 10.2. The monoisotopic (exact) mass is 285 g/mol. The van der Waals surface area contributed by atoms with Gasteiger partial charge in [-0.05, 0) is 37.4 Å². The van der Waals surface area contributed by atoms with Crippen molar-refractivity contribution in [3.8, 4) is 17.6 Å². The molecular formula is C17H19NO3. The van der Waals surface area contributed by atoms with Crippen LogP contribution in [0.3, 0.4) is 0 Å². The highest BCUT2D eigenvalue weighted by atomic mass is 16.5. The van der Waals surface area contributed by atoms with Crippen LogP contribution in [0.2, 0.25) is 0 Å². The number of hydrogen-bond donors (Lipinski definition) is 1. The largest absolute Gasteiger partial charge is 0.492 e. The molecule has 0 saturated heterocycles. The molecule has 110 valence electrons. The Kier molecular flexibility index (Phi) is 5.89. The molecule has 4 nitrogen and oxygen atoms in total. The van der Waals surface area contributed by atoms with Gasteiger partial charge in [0.1, 0.15) is 19.0 Å². The molecule has 4 heteroatoms. The molecule has 0 saturated carbocycles. The number of ether oxygens (including phenoxy) is 1. The molecule has 0 fully saturated rings. The Morgan fingerprint density at radius 3 is 2.71 bits per heavy atom. The average Bonchev–Trinajstić information content (AvgIpc) is 2.99. The number of likely N-dealkylation sites (N-methyl/N-ethyl adjacent to an activating group) is 1. The third-order valence-electron chi connectivity index (χ3n) is 2.94. The topological polar surface area (TPSA) is 45.8 Å². The van der Waals surface area contributed by atoms with Gasteiger partial charge in [-0.3, -0.25) is 4.90 Å². The number of nitrogens with zero attached hydrogens (tertiary/aromatic N) is 1. The SMILES string of the molecule is CN(CCOc1ccc(C#CCO)cc1)Cc1ccoc1. The fourth-order valence-electron chi connectivity index (χ4n) is 1.87. The van der Waals surface area contributed by atoms with Crippen LogP contribution in [-0.4, -0.2) is 36.8 Å². The summed E-state index contributed by atoms with van der Waals surface area (Å²) in [5.74, 6) is 6.28. The lowest BCUT2D eigenvalue weighted by molar-refractivity contribution is 0.232. The minimum atomic E-state index is -0.124. The van der Waals surface area contributed by atoms with E-state index in [9.17, 15) is 0 Å². The Balaban J connectivity index is 1.73. The lowest BCUT2D eigenvalue weighted by Crippen LogP contribution is -2.23. The summed E-state index contributed by atoms with van der Waals surface area (Å²) >= 11 is 0. The maximum absolute atomic E-state index is 8.63. The number of rotatable bonds is 6. The molecule has 0 aliphatic carbocycles. The summed E-state index contributed by atoms with van der Waals surface area (Å²) in [5, 5.41) is 8.63. The van der Waals surface area contributed by atoms with E-state index < -0.39 is 0 Å². The van der Waals surface area contributed by atoms with Gasteiger partial charge in [-0.25, -0.2) is 0 Å². The zero-order valence-corrected chi connectivity index (χ0v) is 12.1. The Labute approximate surface area is 125 Å². The molecule has 1 N–H and O–H groups in total. The number of furan rings is 1. The lowest BCUT2D eigenvalue weighted by atomic mass is 10.2. The van der Waals surface area contributed by atoms with Gasteiger partial charge in [0.15, 0.2) is 0 Å². The van der Waals surface area contributed by atoms with E-state index in [2.05, 4.69) is 16.7 Å². The molecule has 1 aromatic heterocycles. The van der Waals surface area contributed by atoms with E-state index in [4.69, 9.17) is 14.3 Å². The number of aliphatic hydroxyl groups is 1. The van der Waals surface area contributed by atoms with Crippen molar-refractivity contribution in [1.82, 2.24) is 4.90 Å². The van der Waals surface area contributed by atoms with E-state index in [1.54, 1.807) is 12.5 Å². The third-order valence-corrected chi connectivity index (χ3v) is 2.94. The van der Waals surface area contributed by atoms with Gasteiger partial charge in [-0.2, -0.15) is 0 Å². The highest BCUT2D eigenvalue weighted by Gasteiger charge is 2.02.